The van der Waals surface area contributed by atoms with Crippen LogP contribution in [0.1, 0.15) is 40.5 Å². The van der Waals surface area contributed by atoms with Crippen molar-refractivity contribution in [3.8, 4) is 0 Å². The Bertz CT molecular complexity index is 201. The van der Waals surface area contributed by atoms with Crippen LogP contribution in [-0.4, -0.2) is 33.6 Å². The summed E-state index contributed by atoms with van der Waals surface area (Å²) in [5.41, 5.74) is -0.429. The van der Waals surface area contributed by atoms with Crippen molar-refractivity contribution in [3.63, 3.8) is 0 Å². The molecule has 0 aromatic carbocycles. The second kappa shape index (κ2) is 3.07. The molecule has 0 bridgehead atoms. The van der Waals surface area contributed by atoms with Crippen LogP contribution in [0.3, 0.4) is 0 Å². The van der Waals surface area contributed by atoms with Crippen LogP contribution in [0.2, 0.25) is 0 Å². The van der Waals surface area contributed by atoms with Crippen molar-refractivity contribution in [3.05, 3.63) is 0 Å². The smallest absolute Gasteiger partial charge is 0.136 e. The van der Waals surface area contributed by atoms with Gasteiger partial charge in [0.05, 0.1) is 6.73 Å². The van der Waals surface area contributed by atoms with Crippen LogP contribution in [0, 0.1) is 0 Å². The standard InChI is InChI=1S/C10H19NO2/c1-9(2)5-8(13)6-10(3,4)11(9)7-12/h12H,5-7H2,1-4H3. The third-order valence-electron chi connectivity index (χ3n) is 2.86. The van der Waals surface area contributed by atoms with Gasteiger partial charge in [-0.05, 0) is 27.7 Å². The van der Waals surface area contributed by atoms with Gasteiger partial charge in [0.1, 0.15) is 5.78 Å². The minimum absolute atomic E-state index is 0.0211. The Morgan fingerprint density at radius 1 is 1.23 bits per heavy atom. The number of hydrogen-bond acceptors (Lipinski definition) is 3. The highest BCUT2D eigenvalue weighted by atomic mass is 16.3. The summed E-state index contributed by atoms with van der Waals surface area (Å²) in [5, 5.41) is 9.26. The van der Waals surface area contributed by atoms with E-state index in [-0.39, 0.29) is 17.8 Å². The van der Waals surface area contributed by atoms with Crippen molar-refractivity contribution >= 4 is 5.78 Å². The zero-order chi connectivity index (χ0) is 10.3. The molecule has 76 valence electrons. The molecule has 0 saturated carbocycles. The Balaban J connectivity index is 2.94. The Labute approximate surface area is 79.7 Å². The van der Waals surface area contributed by atoms with Crippen molar-refractivity contribution < 1.29 is 9.90 Å². The zero-order valence-corrected chi connectivity index (χ0v) is 8.92. The molecular weight excluding hydrogens is 166 g/mol. The molecule has 0 aromatic heterocycles. The van der Waals surface area contributed by atoms with E-state index < -0.39 is 0 Å². The van der Waals surface area contributed by atoms with Gasteiger partial charge in [-0.25, -0.2) is 0 Å². The Morgan fingerprint density at radius 3 is 1.92 bits per heavy atom. The molecule has 0 amide bonds. The molecule has 0 unspecified atom stereocenters. The molecule has 1 fully saturated rings. The lowest BCUT2D eigenvalue weighted by Crippen LogP contribution is -2.61. The molecule has 1 heterocycles. The van der Waals surface area contributed by atoms with Crippen molar-refractivity contribution in [2.24, 2.45) is 0 Å². The Hall–Kier alpha value is -0.410. The molecule has 1 saturated heterocycles. The second-order valence-corrected chi connectivity index (χ2v) is 5.09. The van der Waals surface area contributed by atoms with Crippen LogP contribution >= 0.6 is 0 Å². The quantitative estimate of drug-likeness (QED) is 0.666. The lowest BCUT2D eigenvalue weighted by Gasteiger charge is -2.50. The number of aliphatic hydroxyl groups is 1. The summed E-state index contributed by atoms with van der Waals surface area (Å²) >= 11 is 0. The predicted molar refractivity (Wildman–Crippen MR) is 51.3 cm³/mol. The largest absolute Gasteiger partial charge is 0.381 e. The highest BCUT2D eigenvalue weighted by molar-refractivity contribution is 5.81. The molecule has 0 aliphatic carbocycles. The number of likely N-dealkylation sites (tertiary alicyclic amines) is 1. The third kappa shape index (κ3) is 1.92. The van der Waals surface area contributed by atoms with Gasteiger partial charge in [0.2, 0.25) is 0 Å². The van der Waals surface area contributed by atoms with Crippen molar-refractivity contribution in [1.29, 1.82) is 0 Å². The van der Waals surface area contributed by atoms with Gasteiger partial charge >= 0.3 is 0 Å². The van der Waals surface area contributed by atoms with Crippen molar-refractivity contribution in [2.75, 3.05) is 6.73 Å². The zero-order valence-electron chi connectivity index (χ0n) is 8.92. The minimum Gasteiger partial charge on any atom is -0.381 e. The van der Waals surface area contributed by atoms with Gasteiger partial charge in [-0.3, -0.25) is 9.69 Å². The average Bonchev–Trinajstić information content (AvgIpc) is 1.79. The Morgan fingerprint density at radius 2 is 1.62 bits per heavy atom. The van der Waals surface area contributed by atoms with E-state index in [0.29, 0.717) is 18.6 Å². The number of aliphatic hydroxyl groups excluding tert-OH is 1. The monoisotopic (exact) mass is 185 g/mol. The van der Waals surface area contributed by atoms with E-state index in [9.17, 15) is 9.90 Å². The number of carbonyl (C=O) groups is 1. The van der Waals surface area contributed by atoms with E-state index in [2.05, 4.69) is 0 Å². The summed E-state index contributed by atoms with van der Waals surface area (Å²) in [4.78, 5) is 13.4. The fourth-order valence-electron chi connectivity index (χ4n) is 2.42. The third-order valence-corrected chi connectivity index (χ3v) is 2.86. The summed E-state index contributed by atoms with van der Waals surface area (Å²) < 4.78 is 0. The van der Waals surface area contributed by atoms with Crippen LogP contribution in [0.5, 0.6) is 0 Å². The van der Waals surface area contributed by atoms with E-state index >= 15 is 0 Å². The van der Waals surface area contributed by atoms with Crippen LogP contribution in [0.25, 0.3) is 0 Å². The topological polar surface area (TPSA) is 40.5 Å². The van der Waals surface area contributed by atoms with Crippen LogP contribution in [-0.2, 0) is 4.79 Å². The molecule has 1 aliphatic rings. The van der Waals surface area contributed by atoms with Crippen molar-refractivity contribution in [2.45, 2.75) is 51.6 Å². The van der Waals surface area contributed by atoms with Crippen LogP contribution < -0.4 is 0 Å². The first-order chi connectivity index (χ1) is 5.79. The molecule has 1 N–H and O–H groups in total. The number of Topliss-reactive ketones (excluding diaryl/α,β-unsaturated/α-hetero) is 1. The lowest BCUT2D eigenvalue weighted by molar-refractivity contribution is -0.139. The lowest BCUT2D eigenvalue weighted by atomic mass is 9.79. The van der Waals surface area contributed by atoms with Gasteiger partial charge in [0.25, 0.3) is 0 Å². The second-order valence-electron chi connectivity index (χ2n) is 5.09. The SMILES string of the molecule is CC1(C)CC(=O)CC(C)(C)N1CO. The summed E-state index contributed by atoms with van der Waals surface area (Å²) in [5.74, 6) is 0.291. The fourth-order valence-corrected chi connectivity index (χ4v) is 2.42. The van der Waals surface area contributed by atoms with Crippen molar-refractivity contribution in [1.82, 2.24) is 4.90 Å². The predicted octanol–water partition coefficient (Wildman–Crippen LogP) is 1.16. The van der Waals surface area contributed by atoms with Crippen LogP contribution in [0.4, 0.5) is 0 Å². The first kappa shape index (κ1) is 10.7. The molecular formula is C10H19NO2. The van der Waals surface area contributed by atoms with Gasteiger partial charge in [0, 0.05) is 23.9 Å². The van der Waals surface area contributed by atoms with E-state index in [4.69, 9.17) is 0 Å². The van der Waals surface area contributed by atoms with E-state index in [1.807, 2.05) is 32.6 Å². The van der Waals surface area contributed by atoms with E-state index in [1.165, 1.54) is 0 Å². The molecule has 0 radical (unpaired) electrons. The molecule has 0 aromatic rings. The maximum Gasteiger partial charge on any atom is 0.136 e. The first-order valence-corrected chi connectivity index (χ1v) is 4.70. The number of rotatable bonds is 1. The summed E-state index contributed by atoms with van der Waals surface area (Å²) in [6, 6.07) is 0. The van der Waals surface area contributed by atoms with Gasteiger partial charge < -0.3 is 5.11 Å². The Kier molecular flexibility index (Phi) is 2.52. The molecule has 13 heavy (non-hydrogen) atoms. The summed E-state index contributed by atoms with van der Waals surface area (Å²) in [7, 11) is 0. The van der Waals surface area contributed by atoms with Crippen LogP contribution in [0.15, 0.2) is 0 Å². The van der Waals surface area contributed by atoms with Gasteiger partial charge in [0.15, 0.2) is 0 Å². The molecule has 3 nitrogen and oxygen atoms in total. The number of hydrogen-bond donors (Lipinski definition) is 1. The summed E-state index contributed by atoms with van der Waals surface area (Å²) in [6.45, 7) is 8.03. The molecule has 0 atom stereocenters. The van der Waals surface area contributed by atoms with Gasteiger partial charge in [-0.1, -0.05) is 0 Å². The molecule has 3 heteroatoms. The maximum atomic E-state index is 11.4. The highest BCUT2D eigenvalue weighted by Crippen LogP contribution is 2.35. The highest BCUT2D eigenvalue weighted by Gasteiger charge is 2.44. The fraction of sp³-hybridized carbons (Fsp3) is 0.900. The first-order valence-electron chi connectivity index (χ1n) is 4.70. The van der Waals surface area contributed by atoms with E-state index in [1.54, 1.807) is 0 Å². The molecule has 1 aliphatic heterocycles. The number of piperidine rings is 1. The summed E-state index contributed by atoms with van der Waals surface area (Å²) in [6.07, 6.45) is 1.08. The minimum atomic E-state index is -0.215. The molecule has 1 rings (SSSR count). The number of carbonyl (C=O) groups excluding carboxylic acids is 1. The molecule has 0 spiro atoms. The maximum absolute atomic E-state index is 11.4. The number of ketones is 1. The number of nitrogens with zero attached hydrogens (tertiary/aromatic N) is 1. The normalized spacial score (nSPS) is 27.6. The van der Waals surface area contributed by atoms with Gasteiger partial charge in [-0.2, -0.15) is 0 Å². The van der Waals surface area contributed by atoms with E-state index in [0.717, 1.165) is 0 Å². The average molecular weight is 185 g/mol. The van der Waals surface area contributed by atoms with Gasteiger partial charge in [-0.15, -0.1) is 0 Å².